The van der Waals surface area contributed by atoms with Gasteiger partial charge < -0.3 is 10.1 Å². The minimum atomic E-state index is 0.559. The minimum absolute atomic E-state index is 0.559. The zero-order valence-corrected chi connectivity index (χ0v) is 12.9. The lowest BCUT2D eigenvalue weighted by Crippen LogP contribution is -2.09. The average Bonchev–Trinajstić information content (AvgIpc) is 2.86. The lowest BCUT2D eigenvalue weighted by Gasteiger charge is -2.13. The van der Waals surface area contributed by atoms with Gasteiger partial charge in [0.1, 0.15) is 5.75 Å². The molecule has 1 aromatic carbocycles. The monoisotopic (exact) mass is 315 g/mol. The molecule has 2 rings (SSSR count). The second-order valence-electron chi connectivity index (χ2n) is 4.08. The van der Waals surface area contributed by atoms with E-state index in [1.165, 1.54) is 4.88 Å². The Bertz CT molecular complexity index is 528. The summed E-state index contributed by atoms with van der Waals surface area (Å²) in [4.78, 5) is 1.31. The molecule has 0 amide bonds. The summed E-state index contributed by atoms with van der Waals surface area (Å²) in [5.74, 6) is 0.719. The van der Waals surface area contributed by atoms with E-state index in [2.05, 4.69) is 16.8 Å². The molecule has 0 saturated carbocycles. The molecule has 2 nitrogen and oxygen atoms in total. The van der Waals surface area contributed by atoms with E-state index in [0.717, 1.165) is 17.7 Å². The van der Waals surface area contributed by atoms with Crippen LogP contribution in [-0.2, 0) is 13.0 Å². The van der Waals surface area contributed by atoms with Gasteiger partial charge >= 0.3 is 0 Å². The van der Waals surface area contributed by atoms with Crippen LogP contribution in [0.15, 0.2) is 29.6 Å². The minimum Gasteiger partial charge on any atom is -0.491 e. The van der Waals surface area contributed by atoms with Gasteiger partial charge in [0.2, 0.25) is 0 Å². The number of thiophene rings is 1. The highest BCUT2D eigenvalue weighted by Gasteiger charge is 2.10. The third kappa shape index (κ3) is 4.11. The Kier molecular flexibility index (Phi) is 5.52. The third-order valence-electron chi connectivity index (χ3n) is 2.63. The van der Waals surface area contributed by atoms with Gasteiger partial charge in [-0.3, -0.25) is 0 Å². The summed E-state index contributed by atoms with van der Waals surface area (Å²) in [6.07, 6.45) is 0.885. The summed E-state index contributed by atoms with van der Waals surface area (Å²) in [5, 5.41) is 6.34. The van der Waals surface area contributed by atoms with E-state index in [4.69, 9.17) is 27.9 Å². The van der Waals surface area contributed by atoms with E-state index in [0.29, 0.717) is 23.2 Å². The maximum Gasteiger partial charge on any atom is 0.142 e. The zero-order valence-electron chi connectivity index (χ0n) is 10.6. The molecule has 0 saturated heterocycles. The van der Waals surface area contributed by atoms with Crippen LogP contribution < -0.4 is 10.1 Å². The Morgan fingerprint density at radius 3 is 2.84 bits per heavy atom. The van der Waals surface area contributed by atoms with Gasteiger partial charge in [-0.1, -0.05) is 29.3 Å². The molecule has 0 aliphatic rings. The number of ether oxygens (including phenoxy) is 1. The van der Waals surface area contributed by atoms with Crippen molar-refractivity contribution in [3.63, 3.8) is 0 Å². The van der Waals surface area contributed by atoms with Crippen molar-refractivity contribution in [1.29, 1.82) is 0 Å². The van der Waals surface area contributed by atoms with E-state index in [9.17, 15) is 0 Å². The van der Waals surface area contributed by atoms with Gasteiger partial charge in [-0.25, -0.2) is 0 Å². The molecule has 0 atom stereocenters. The number of benzene rings is 1. The van der Waals surface area contributed by atoms with Crippen LogP contribution in [0.5, 0.6) is 5.75 Å². The van der Waals surface area contributed by atoms with Gasteiger partial charge in [0.25, 0.3) is 0 Å². The maximum absolute atomic E-state index is 6.20. The standard InChI is InChI=1S/C14H15Cl2NOS/c1-17-9-10-7-11(15)8-13(16)14(10)18-5-4-12-3-2-6-19-12/h2-3,6-8,17H,4-5,9H2,1H3. The average molecular weight is 316 g/mol. The smallest absolute Gasteiger partial charge is 0.142 e. The Morgan fingerprint density at radius 2 is 2.16 bits per heavy atom. The van der Waals surface area contributed by atoms with Crippen molar-refractivity contribution >= 4 is 34.5 Å². The first-order valence-corrected chi connectivity index (χ1v) is 7.62. The first kappa shape index (κ1) is 14.7. The fraction of sp³-hybridized carbons (Fsp3) is 0.286. The molecule has 0 unspecified atom stereocenters. The van der Waals surface area contributed by atoms with Gasteiger partial charge in [-0.15, -0.1) is 11.3 Å². The quantitative estimate of drug-likeness (QED) is 0.853. The lowest BCUT2D eigenvalue weighted by atomic mass is 10.2. The van der Waals surface area contributed by atoms with Gasteiger partial charge in [0, 0.05) is 28.4 Å². The van der Waals surface area contributed by atoms with Crippen LogP contribution in [-0.4, -0.2) is 13.7 Å². The van der Waals surface area contributed by atoms with Crippen LogP contribution in [0.1, 0.15) is 10.4 Å². The van der Waals surface area contributed by atoms with Crippen LogP contribution in [0.2, 0.25) is 10.0 Å². The molecule has 0 bridgehead atoms. The van der Waals surface area contributed by atoms with Crippen molar-refractivity contribution in [3.8, 4) is 5.75 Å². The second-order valence-corrected chi connectivity index (χ2v) is 5.96. The molecular formula is C14H15Cl2NOS. The lowest BCUT2D eigenvalue weighted by molar-refractivity contribution is 0.319. The summed E-state index contributed by atoms with van der Waals surface area (Å²) in [6.45, 7) is 1.28. The van der Waals surface area contributed by atoms with Crippen molar-refractivity contribution in [1.82, 2.24) is 5.32 Å². The summed E-state index contributed by atoms with van der Waals surface area (Å²) in [6, 6.07) is 7.74. The van der Waals surface area contributed by atoms with Crippen molar-refractivity contribution in [2.75, 3.05) is 13.7 Å². The molecule has 1 heterocycles. The first-order valence-electron chi connectivity index (χ1n) is 5.98. The molecule has 0 fully saturated rings. The molecule has 0 radical (unpaired) electrons. The van der Waals surface area contributed by atoms with E-state index in [-0.39, 0.29) is 0 Å². The molecule has 5 heteroatoms. The number of rotatable bonds is 6. The summed E-state index contributed by atoms with van der Waals surface area (Å²) >= 11 is 13.9. The van der Waals surface area contributed by atoms with E-state index in [1.54, 1.807) is 17.4 Å². The maximum atomic E-state index is 6.20. The molecular weight excluding hydrogens is 301 g/mol. The fourth-order valence-corrected chi connectivity index (χ4v) is 3.09. The number of halogens is 2. The van der Waals surface area contributed by atoms with Gasteiger partial charge in [0.05, 0.1) is 11.6 Å². The van der Waals surface area contributed by atoms with Crippen LogP contribution in [0, 0.1) is 0 Å². The summed E-state index contributed by atoms with van der Waals surface area (Å²) < 4.78 is 5.82. The zero-order chi connectivity index (χ0) is 13.7. The Hall–Kier alpha value is -0.740. The van der Waals surface area contributed by atoms with E-state index in [1.807, 2.05) is 19.2 Å². The molecule has 1 aromatic heterocycles. The SMILES string of the molecule is CNCc1cc(Cl)cc(Cl)c1OCCc1cccs1. The van der Waals surface area contributed by atoms with E-state index < -0.39 is 0 Å². The van der Waals surface area contributed by atoms with Crippen LogP contribution in [0.3, 0.4) is 0 Å². The fourth-order valence-electron chi connectivity index (χ4n) is 1.81. The number of nitrogens with one attached hydrogen (secondary N) is 1. The molecule has 102 valence electrons. The van der Waals surface area contributed by atoms with E-state index >= 15 is 0 Å². The molecule has 19 heavy (non-hydrogen) atoms. The predicted octanol–water partition coefficient (Wildman–Crippen LogP) is 4.40. The molecule has 0 aliphatic carbocycles. The third-order valence-corrected chi connectivity index (χ3v) is 4.06. The molecule has 1 N–H and O–H groups in total. The van der Waals surface area contributed by atoms with Gasteiger partial charge in [-0.05, 0) is 30.6 Å². The molecule has 2 aromatic rings. The Labute approximate surface area is 127 Å². The molecule has 0 aliphatic heterocycles. The highest BCUT2D eigenvalue weighted by atomic mass is 35.5. The highest BCUT2D eigenvalue weighted by Crippen LogP contribution is 2.32. The number of hydrogen-bond acceptors (Lipinski definition) is 3. The van der Waals surface area contributed by atoms with Gasteiger partial charge in [-0.2, -0.15) is 0 Å². The summed E-state index contributed by atoms with van der Waals surface area (Å²) in [7, 11) is 1.88. The number of hydrogen-bond donors (Lipinski definition) is 1. The Balaban J connectivity index is 2.05. The van der Waals surface area contributed by atoms with Gasteiger partial charge in [0.15, 0.2) is 0 Å². The normalized spacial score (nSPS) is 10.7. The topological polar surface area (TPSA) is 21.3 Å². The molecule has 0 spiro atoms. The second kappa shape index (κ2) is 7.15. The highest BCUT2D eigenvalue weighted by molar-refractivity contribution is 7.09. The van der Waals surface area contributed by atoms with Crippen molar-refractivity contribution in [3.05, 3.63) is 50.1 Å². The van der Waals surface area contributed by atoms with Crippen LogP contribution in [0.4, 0.5) is 0 Å². The first-order chi connectivity index (χ1) is 9.20. The summed E-state index contributed by atoms with van der Waals surface area (Å²) in [5.41, 5.74) is 0.978. The van der Waals surface area contributed by atoms with Crippen LogP contribution in [0.25, 0.3) is 0 Å². The van der Waals surface area contributed by atoms with Crippen molar-refractivity contribution in [2.45, 2.75) is 13.0 Å². The van der Waals surface area contributed by atoms with Crippen LogP contribution >= 0.6 is 34.5 Å². The van der Waals surface area contributed by atoms with Crippen molar-refractivity contribution < 1.29 is 4.74 Å². The van der Waals surface area contributed by atoms with Crippen molar-refractivity contribution in [2.24, 2.45) is 0 Å². The Morgan fingerprint density at radius 1 is 1.32 bits per heavy atom. The largest absolute Gasteiger partial charge is 0.491 e. The predicted molar refractivity (Wildman–Crippen MR) is 82.7 cm³/mol.